The zero-order valence-corrected chi connectivity index (χ0v) is 13.2. The van der Waals surface area contributed by atoms with E-state index in [-0.39, 0.29) is 6.61 Å². The van der Waals surface area contributed by atoms with Crippen molar-refractivity contribution in [2.75, 3.05) is 0 Å². The standard InChI is InChI=1S/C16H11BrClNO2/c17-14-4-2-1-3-12(14)15-13(9-20)16(21-19-15)10-5-7-11(18)8-6-10/h1-8,20H,9H2. The summed E-state index contributed by atoms with van der Waals surface area (Å²) in [6.07, 6.45) is 0. The summed E-state index contributed by atoms with van der Waals surface area (Å²) in [4.78, 5) is 0. The van der Waals surface area contributed by atoms with Gasteiger partial charge in [0.05, 0.1) is 12.2 Å². The summed E-state index contributed by atoms with van der Waals surface area (Å²) >= 11 is 9.38. The van der Waals surface area contributed by atoms with Crippen molar-refractivity contribution in [2.45, 2.75) is 6.61 Å². The van der Waals surface area contributed by atoms with E-state index >= 15 is 0 Å². The van der Waals surface area contributed by atoms with Crippen LogP contribution in [0.15, 0.2) is 57.5 Å². The van der Waals surface area contributed by atoms with Gasteiger partial charge in [0.25, 0.3) is 0 Å². The van der Waals surface area contributed by atoms with Crippen LogP contribution >= 0.6 is 27.5 Å². The first-order valence-corrected chi connectivity index (χ1v) is 7.48. The second kappa shape index (κ2) is 6.02. The molecule has 106 valence electrons. The molecule has 3 aromatic rings. The summed E-state index contributed by atoms with van der Waals surface area (Å²) in [5.41, 5.74) is 3.00. The number of aliphatic hydroxyl groups is 1. The summed E-state index contributed by atoms with van der Waals surface area (Å²) in [6, 6.07) is 14.9. The Labute approximate surface area is 135 Å². The van der Waals surface area contributed by atoms with Crippen LogP contribution in [0.1, 0.15) is 5.56 Å². The van der Waals surface area contributed by atoms with E-state index in [0.717, 1.165) is 15.6 Å². The van der Waals surface area contributed by atoms with E-state index in [2.05, 4.69) is 21.1 Å². The number of rotatable bonds is 3. The number of aromatic nitrogens is 1. The second-order valence-corrected chi connectivity index (χ2v) is 5.77. The van der Waals surface area contributed by atoms with Crippen LogP contribution in [0.2, 0.25) is 5.02 Å². The Morgan fingerprint density at radius 1 is 1.10 bits per heavy atom. The fraction of sp³-hybridized carbons (Fsp3) is 0.0625. The van der Waals surface area contributed by atoms with E-state index in [1.807, 2.05) is 36.4 Å². The van der Waals surface area contributed by atoms with Crippen molar-refractivity contribution in [1.82, 2.24) is 5.16 Å². The largest absolute Gasteiger partial charge is 0.391 e. The molecule has 1 aromatic heterocycles. The summed E-state index contributed by atoms with van der Waals surface area (Å²) in [5, 5.41) is 14.5. The van der Waals surface area contributed by atoms with Crippen LogP contribution in [-0.4, -0.2) is 10.3 Å². The Morgan fingerprint density at radius 3 is 2.48 bits per heavy atom. The minimum atomic E-state index is -0.155. The van der Waals surface area contributed by atoms with Crippen molar-refractivity contribution in [3.05, 3.63) is 63.6 Å². The molecule has 0 unspecified atom stereocenters. The highest BCUT2D eigenvalue weighted by Gasteiger charge is 2.19. The predicted molar refractivity (Wildman–Crippen MR) is 86.0 cm³/mol. The van der Waals surface area contributed by atoms with Crippen LogP contribution in [-0.2, 0) is 6.61 Å². The third kappa shape index (κ3) is 2.75. The van der Waals surface area contributed by atoms with Gasteiger partial charge in [0.15, 0.2) is 5.76 Å². The van der Waals surface area contributed by atoms with Crippen molar-refractivity contribution in [3.63, 3.8) is 0 Å². The SMILES string of the molecule is OCc1c(-c2ccccc2Br)noc1-c1ccc(Cl)cc1. The van der Waals surface area contributed by atoms with Gasteiger partial charge in [0, 0.05) is 20.6 Å². The first-order valence-electron chi connectivity index (χ1n) is 6.31. The minimum Gasteiger partial charge on any atom is -0.391 e. The molecule has 3 nitrogen and oxygen atoms in total. The summed E-state index contributed by atoms with van der Waals surface area (Å²) in [5.74, 6) is 0.555. The first kappa shape index (κ1) is 14.3. The molecule has 2 aromatic carbocycles. The Hall–Kier alpha value is -1.62. The Balaban J connectivity index is 2.13. The van der Waals surface area contributed by atoms with Gasteiger partial charge in [0.2, 0.25) is 0 Å². The molecule has 0 spiro atoms. The molecule has 1 heterocycles. The molecule has 21 heavy (non-hydrogen) atoms. The Kier molecular flexibility index (Phi) is 4.10. The van der Waals surface area contributed by atoms with E-state index in [1.54, 1.807) is 12.1 Å². The van der Waals surface area contributed by atoms with Gasteiger partial charge in [-0.3, -0.25) is 0 Å². The van der Waals surface area contributed by atoms with Crippen LogP contribution in [0.5, 0.6) is 0 Å². The van der Waals surface area contributed by atoms with Gasteiger partial charge in [-0.15, -0.1) is 0 Å². The maximum atomic E-state index is 9.71. The van der Waals surface area contributed by atoms with E-state index in [1.165, 1.54) is 0 Å². The molecule has 3 rings (SSSR count). The van der Waals surface area contributed by atoms with Crippen molar-refractivity contribution in [1.29, 1.82) is 0 Å². The van der Waals surface area contributed by atoms with Gasteiger partial charge in [0.1, 0.15) is 5.69 Å². The summed E-state index contributed by atoms with van der Waals surface area (Å²) < 4.78 is 6.35. The number of nitrogens with zero attached hydrogens (tertiary/aromatic N) is 1. The minimum absolute atomic E-state index is 0.155. The van der Waals surface area contributed by atoms with Crippen molar-refractivity contribution < 1.29 is 9.63 Å². The van der Waals surface area contributed by atoms with Gasteiger partial charge < -0.3 is 9.63 Å². The van der Waals surface area contributed by atoms with E-state index in [9.17, 15) is 5.11 Å². The number of hydrogen-bond acceptors (Lipinski definition) is 3. The van der Waals surface area contributed by atoms with Crippen molar-refractivity contribution in [3.8, 4) is 22.6 Å². The van der Waals surface area contributed by atoms with Gasteiger partial charge in [-0.25, -0.2) is 0 Å². The quantitative estimate of drug-likeness (QED) is 0.718. The summed E-state index contributed by atoms with van der Waals surface area (Å²) in [6.45, 7) is -0.155. The highest BCUT2D eigenvalue weighted by atomic mass is 79.9. The molecule has 1 N–H and O–H groups in total. The normalized spacial score (nSPS) is 10.8. The summed E-state index contributed by atoms with van der Waals surface area (Å²) in [7, 11) is 0. The smallest absolute Gasteiger partial charge is 0.173 e. The average Bonchev–Trinajstić information content (AvgIpc) is 2.92. The van der Waals surface area contributed by atoms with E-state index < -0.39 is 0 Å². The predicted octanol–water partition coefficient (Wildman–Crippen LogP) is 4.92. The lowest BCUT2D eigenvalue weighted by molar-refractivity contribution is 0.281. The first-order chi connectivity index (χ1) is 10.2. The molecule has 0 aliphatic heterocycles. The number of benzene rings is 2. The van der Waals surface area contributed by atoms with Crippen LogP contribution in [0.4, 0.5) is 0 Å². The van der Waals surface area contributed by atoms with Crippen LogP contribution in [0, 0.1) is 0 Å². The molecule has 5 heteroatoms. The van der Waals surface area contributed by atoms with E-state index in [4.69, 9.17) is 16.1 Å². The topological polar surface area (TPSA) is 46.3 Å². The monoisotopic (exact) mass is 363 g/mol. The molecule has 0 atom stereocenters. The molecule has 0 amide bonds. The van der Waals surface area contributed by atoms with Crippen LogP contribution in [0.25, 0.3) is 22.6 Å². The average molecular weight is 365 g/mol. The lowest BCUT2D eigenvalue weighted by Gasteiger charge is -2.03. The highest BCUT2D eigenvalue weighted by molar-refractivity contribution is 9.10. The Morgan fingerprint density at radius 2 is 1.81 bits per heavy atom. The number of halogens is 2. The van der Waals surface area contributed by atoms with Gasteiger partial charge in [-0.2, -0.15) is 0 Å². The maximum absolute atomic E-state index is 9.71. The second-order valence-electron chi connectivity index (χ2n) is 4.48. The molecule has 0 fully saturated rings. The molecule has 0 aliphatic carbocycles. The number of aliphatic hydroxyl groups excluding tert-OH is 1. The van der Waals surface area contributed by atoms with Gasteiger partial charge in [-0.05, 0) is 30.3 Å². The van der Waals surface area contributed by atoms with Crippen molar-refractivity contribution >= 4 is 27.5 Å². The molecule has 0 radical (unpaired) electrons. The fourth-order valence-electron chi connectivity index (χ4n) is 2.15. The maximum Gasteiger partial charge on any atom is 0.173 e. The highest BCUT2D eigenvalue weighted by Crippen LogP contribution is 2.35. The van der Waals surface area contributed by atoms with E-state index in [0.29, 0.717) is 22.0 Å². The Bertz CT molecular complexity index is 768. The lowest BCUT2D eigenvalue weighted by atomic mass is 10.0. The van der Waals surface area contributed by atoms with Gasteiger partial charge >= 0.3 is 0 Å². The molecule has 0 saturated heterocycles. The molecule has 0 aliphatic rings. The third-order valence-corrected chi connectivity index (χ3v) is 4.13. The molecule has 0 saturated carbocycles. The molecule has 0 bridgehead atoms. The molecular formula is C16H11BrClNO2. The third-order valence-electron chi connectivity index (χ3n) is 3.18. The number of hydrogen-bond donors (Lipinski definition) is 1. The van der Waals surface area contributed by atoms with Crippen LogP contribution in [0.3, 0.4) is 0 Å². The molecular weight excluding hydrogens is 354 g/mol. The zero-order chi connectivity index (χ0) is 14.8. The lowest BCUT2D eigenvalue weighted by Crippen LogP contribution is -1.89. The van der Waals surface area contributed by atoms with Crippen LogP contribution < -0.4 is 0 Å². The zero-order valence-electron chi connectivity index (χ0n) is 10.9. The fourth-order valence-corrected chi connectivity index (χ4v) is 2.75. The van der Waals surface area contributed by atoms with Crippen molar-refractivity contribution in [2.24, 2.45) is 0 Å². The van der Waals surface area contributed by atoms with Gasteiger partial charge in [-0.1, -0.05) is 50.9 Å².